The van der Waals surface area contributed by atoms with E-state index < -0.39 is 17.5 Å². The molecule has 5 heteroatoms. The molecule has 0 aliphatic heterocycles. The topological polar surface area (TPSA) is 63.6 Å². The summed E-state index contributed by atoms with van der Waals surface area (Å²) in [7, 11) is 0. The maximum absolute atomic E-state index is 10.3. The lowest BCUT2D eigenvalue weighted by molar-refractivity contribution is -0.171. The van der Waals surface area contributed by atoms with E-state index in [9.17, 15) is 9.59 Å². The maximum Gasteiger partial charge on any atom is 0.417 e. The van der Waals surface area contributed by atoms with Gasteiger partial charge in [-0.1, -0.05) is 18.2 Å². The molecule has 0 atom stereocenters. The Bertz CT molecular complexity index is 368. The van der Waals surface area contributed by atoms with Crippen LogP contribution in [0.15, 0.2) is 30.3 Å². The first-order valence-electron chi connectivity index (χ1n) is 4.89. The Balaban J connectivity index is 0.000000318. The lowest BCUT2D eigenvalue weighted by Gasteiger charge is -2.17. The van der Waals surface area contributed by atoms with E-state index in [0.717, 1.165) is 0 Å². The minimum atomic E-state index is -1.56. The third kappa shape index (κ3) is 9.80. The molecule has 0 unspecified atom stereocenters. The first kappa shape index (κ1) is 15.9. The standard InChI is InChI=1S/C6H5I.C6H10O4/c7-6-4-2-1-3-5-6;1-6(2,3)10-5(9)4(7)8/h1-5H;1-3H3,(H,7,8). The van der Waals surface area contributed by atoms with E-state index in [-0.39, 0.29) is 0 Å². The van der Waals surface area contributed by atoms with Crippen LogP contribution in [-0.4, -0.2) is 22.6 Å². The molecule has 0 amide bonds. The minimum Gasteiger partial charge on any atom is -0.473 e. The highest BCUT2D eigenvalue weighted by atomic mass is 127. The molecule has 1 rings (SSSR count). The van der Waals surface area contributed by atoms with E-state index in [1.54, 1.807) is 20.8 Å². The average Bonchev–Trinajstić information content (AvgIpc) is 2.17. The number of hydrogen-bond donors (Lipinski definition) is 1. The molecule has 1 aromatic carbocycles. The number of rotatable bonds is 0. The SMILES string of the molecule is CC(C)(C)OC(=O)C(=O)O.Ic1ccccc1. The van der Waals surface area contributed by atoms with E-state index in [0.29, 0.717) is 0 Å². The van der Waals surface area contributed by atoms with E-state index in [4.69, 9.17) is 5.11 Å². The number of aliphatic carboxylic acids is 1. The minimum absolute atomic E-state index is 0.727. The Labute approximate surface area is 114 Å². The molecule has 0 aromatic heterocycles. The van der Waals surface area contributed by atoms with E-state index in [1.807, 2.05) is 18.2 Å². The Morgan fingerprint density at radius 1 is 1.18 bits per heavy atom. The van der Waals surface area contributed by atoms with Gasteiger partial charge in [0.25, 0.3) is 0 Å². The molecule has 0 radical (unpaired) electrons. The number of carbonyl (C=O) groups excluding carboxylic acids is 1. The van der Waals surface area contributed by atoms with Gasteiger partial charge >= 0.3 is 11.9 Å². The number of ether oxygens (including phenoxy) is 1. The predicted molar refractivity (Wildman–Crippen MR) is 72.6 cm³/mol. The number of hydrogen-bond acceptors (Lipinski definition) is 3. The summed E-state index contributed by atoms with van der Waals surface area (Å²) in [5.74, 6) is -2.78. The average molecular weight is 350 g/mol. The summed E-state index contributed by atoms with van der Waals surface area (Å²) < 4.78 is 5.75. The van der Waals surface area contributed by atoms with Crippen LogP contribution in [0, 0.1) is 3.57 Å². The summed E-state index contributed by atoms with van der Waals surface area (Å²) >= 11 is 2.28. The molecule has 17 heavy (non-hydrogen) atoms. The van der Waals surface area contributed by atoms with Crippen molar-refractivity contribution in [1.29, 1.82) is 0 Å². The quantitative estimate of drug-likeness (QED) is 0.444. The molecule has 0 saturated carbocycles. The van der Waals surface area contributed by atoms with Crippen LogP contribution in [0.5, 0.6) is 0 Å². The summed E-state index contributed by atoms with van der Waals surface area (Å²) in [6, 6.07) is 10.2. The second kappa shape index (κ2) is 7.26. The lowest BCUT2D eigenvalue weighted by Crippen LogP contribution is -2.28. The van der Waals surface area contributed by atoms with Gasteiger partial charge in [0.05, 0.1) is 0 Å². The van der Waals surface area contributed by atoms with Crippen molar-refractivity contribution in [3.8, 4) is 0 Å². The molecule has 0 aliphatic rings. The van der Waals surface area contributed by atoms with Gasteiger partial charge in [-0.05, 0) is 55.5 Å². The number of carbonyl (C=O) groups is 2. The fourth-order valence-electron chi connectivity index (χ4n) is 0.736. The van der Waals surface area contributed by atoms with E-state index in [2.05, 4.69) is 39.5 Å². The summed E-state index contributed by atoms with van der Waals surface area (Å²) in [6.45, 7) is 4.81. The number of esters is 1. The third-order valence-electron chi connectivity index (χ3n) is 1.31. The largest absolute Gasteiger partial charge is 0.473 e. The van der Waals surface area contributed by atoms with Crippen molar-refractivity contribution in [2.75, 3.05) is 0 Å². The van der Waals surface area contributed by atoms with Crippen LogP contribution in [0.25, 0.3) is 0 Å². The number of halogens is 1. The second-order valence-corrected chi connectivity index (χ2v) is 5.35. The summed E-state index contributed by atoms with van der Waals surface area (Å²) in [5, 5.41) is 8.07. The molecular formula is C12H15IO4. The van der Waals surface area contributed by atoms with Crippen molar-refractivity contribution in [1.82, 2.24) is 0 Å². The Morgan fingerprint density at radius 2 is 1.65 bits per heavy atom. The molecular weight excluding hydrogens is 335 g/mol. The van der Waals surface area contributed by atoms with Crippen molar-refractivity contribution in [2.24, 2.45) is 0 Å². The van der Waals surface area contributed by atoms with Crippen LogP contribution in [0.4, 0.5) is 0 Å². The van der Waals surface area contributed by atoms with Crippen molar-refractivity contribution >= 4 is 34.5 Å². The van der Waals surface area contributed by atoms with Crippen LogP contribution in [0.2, 0.25) is 0 Å². The van der Waals surface area contributed by atoms with Crippen molar-refractivity contribution in [2.45, 2.75) is 26.4 Å². The predicted octanol–water partition coefficient (Wildman–Crippen LogP) is 2.70. The molecule has 0 fully saturated rings. The maximum atomic E-state index is 10.3. The monoisotopic (exact) mass is 350 g/mol. The number of benzene rings is 1. The highest BCUT2D eigenvalue weighted by Gasteiger charge is 2.21. The van der Waals surface area contributed by atoms with E-state index in [1.165, 1.54) is 3.57 Å². The highest BCUT2D eigenvalue weighted by molar-refractivity contribution is 14.1. The number of carboxylic acids is 1. The van der Waals surface area contributed by atoms with Crippen molar-refractivity contribution in [3.63, 3.8) is 0 Å². The molecule has 0 heterocycles. The van der Waals surface area contributed by atoms with Gasteiger partial charge in [0.15, 0.2) is 0 Å². The van der Waals surface area contributed by atoms with Crippen molar-refractivity contribution < 1.29 is 19.4 Å². The summed E-state index contributed by atoms with van der Waals surface area (Å²) in [6.07, 6.45) is 0. The van der Waals surface area contributed by atoms with E-state index >= 15 is 0 Å². The Morgan fingerprint density at radius 3 is 1.82 bits per heavy atom. The molecule has 0 spiro atoms. The molecule has 0 aliphatic carbocycles. The Kier molecular flexibility index (Phi) is 6.79. The number of carboxylic acid groups (broad SMARTS) is 1. The zero-order chi connectivity index (χ0) is 13.5. The second-order valence-electron chi connectivity index (χ2n) is 4.10. The lowest BCUT2D eigenvalue weighted by atomic mass is 10.2. The first-order chi connectivity index (χ1) is 7.72. The Hall–Kier alpha value is -1.11. The van der Waals surface area contributed by atoms with Gasteiger partial charge in [-0.2, -0.15) is 0 Å². The molecule has 4 nitrogen and oxygen atoms in total. The van der Waals surface area contributed by atoms with Crippen LogP contribution in [-0.2, 0) is 14.3 Å². The third-order valence-corrected chi connectivity index (χ3v) is 2.03. The molecule has 0 saturated heterocycles. The summed E-state index contributed by atoms with van der Waals surface area (Å²) in [4.78, 5) is 20.2. The first-order valence-corrected chi connectivity index (χ1v) is 5.97. The fraction of sp³-hybridized carbons (Fsp3) is 0.333. The van der Waals surface area contributed by atoms with Gasteiger partial charge in [0, 0.05) is 3.57 Å². The van der Waals surface area contributed by atoms with Gasteiger partial charge in [-0.3, -0.25) is 0 Å². The van der Waals surface area contributed by atoms with Crippen LogP contribution in [0.1, 0.15) is 20.8 Å². The van der Waals surface area contributed by atoms with Gasteiger partial charge in [0.2, 0.25) is 0 Å². The summed E-state index contributed by atoms with van der Waals surface area (Å²) in [5.41, 5.74) is -0.727. The van der Waals surface area contributed by atoms with Crippen molar-refractivity contribution in [3.05, 3.63) is 33.9 Å². The van der Waals surface area contributed by atoms with Gasteiger partial charge in [0.1, 0.15) is 5.60 Å². The molecule has 94 valence electrons. The van der Waals surface area contributed by atoms with Gasteiger partial charge < -0.3 is 9.84 Å². The smallest absolute Gasteiger partial charge is 0.417 e. The molecule has 1 aromatic rings. The zero-order valence-electron chi connectivity index (χ0n) is 9.94. The van der Waals surface area contributed by atoms with Crippen LogP contribution >= 0.6 is 22.6 Å². The van der Waals surface area contributed by atoms with Crippen LogP contribution in [0.3, 0.4) is 0 Å². The van der Waals surface area contributed by atoms with Crippen LogP contribution < -0.4 is 0 Å². The fourth-order valence-corrected chi connectivity index (χ4v) is 1.15. The normalized spacial score (nSPS) is 9.88. The zero-order valence-corrected chi connectivity index (χ0v) is 12.1. The molecule has 0 bridgehead atoms. The van der Waals surface area contributed by atoms with Gasteiger partial charge in [-0.25, -0.2) is 9.59 Å². The molecule has 1 N–H and O–H groups in total. The highest BCUT2D eigenvalue weighted by Crippen LogP contribution is 2.06. The van der Waals surface area contributed by atoms with Gasteiger partial charge in [-0.15, -0.1) is 0 Å².